The van der Waals surface area contributed by atoms with Gasteiger partial charge in [0.2, 0.25) is 0 Å². The molecule has 6 heteroatoms. The molecule has 152 valence electrons. The molecule has 0 spiro atoms. The summed E-state index contributed by atoms with van der Waals surface area (Å²) in [7, 11) is 0. The lowest BCUT2D eigenvalue weighted by molar-refractivity contribution is 0.0711. The Labute approximate surface area is 172 Å². The summed E-state index contributed by atoms with van der Waals surface area (Å²) in [4.78, 5) is 8.06. The summed E-state index contributed by atoms with van der Waals surface area (Å²) >= 11 is 1.56. The molecular weight excluding hydrogens is 368 g/mol. The molecule has 0 saturated carbocycles. The summed E-state index contributed by atoms with van der Waals surface area (Å²) in [6.07, 6.45) is 2.21. The number of hydrogen-bond acceptors (Lipinski definition) is 4. The number of rotatable bonds is 8. The summed E-state index contributed by atoms with van der Waals surface area (Å²) in [5.74, 6) is 0.767. The van der Waals surface area contributed by atoms with E-state index in [0.717, 1.165) is 56.4 Å². The van der Waals surface area contributed by atoms with E-state index in [-0.39, 0.29) is 0 Å². The molecule has 2 aromatic rings. The Hall–Kier alpha value is -1.89. The fraction of sp³-hybridized carbons (Fsp3) is 0.500. The van der Waals surface area contributed by atoms with Crippen molar-refractivity contribution >= 4 is 17.3 Å². The summed E-state index contributed by atoms with van der Waals surface area (Å²) < 4.78 is 0. The Kier molecular flexibility index (Phi) is 7.48. The normalized spacial score (nSPS) is 17.0. The molecule has 3 N–H and O–H groups in total. The van der Waals surface area contributed by atoms with E-state index in [9.17, 15) is 5.11 Å². The molecule has 0 radical (unpaired) electrons. The van der Waals surface area contributed by atoms with Crippen molar-refractivity contribution in [1.29, 1.82) is 0 Å². The van der Waals surface area contributed by atoms with Crippen LogP contribution in [0.1, 0.15) is 36.3 Å². The molecule has 28 heavy (non-hydrogen) atoms. The van der Waals surface area contributed by atoms with Crippen molar-refractivity contribution in [2.24, 2.45) is 4.99 Å². The van der Waals surface area contributed by atoms with Crippen LogP contribution in [-0.4, -0.2) is 48.7 Å². The Bertz CT molecular complexity index is 758. The third-order valence-electron chi connectivity index (χ3n) is 5.09. The van der Waals surface area contributed by atoms with Gasteiger partial charge < -0.3 is 15.7 Å². The molecule has 0 amide bonds. The van der Waals surface area contributed by atoms with Crippen LogP contribution >= 0.6 is 11.3 Å². The van der Waals surface area contributed by atoms with Gasteiger partial charge in [-0.05, 0) is 49.3 Å². The van der Waals surface area contributed by atoms with Gasteiger partial charge in [-0.15, -0.1) is 11.3 Å². The van der Waals surface area contributed by atoms with Gasteiger partial charge in [-0.2, -0.15) is 0 Å². The van der Waals surface area contributed by atoms with Crippen LogP contribution in [0, 0.1) is 0 Å². The van der Waals surface area contributed by atoms with E-state index in [0.29, 0.717) is 6.54 Å². The van der Waals surface area contributed by atoms with Crippen LogP contribution in [0.5, 0.6) is 0 Å². The van der Waals surface area contributed by atoms with Crippen molar-refractivity contribution in [3.8, 4) is 0 Å². The summed E-state index contributed by atoms with van der Waals surface area (Å²) in [5, 5.41) is 19.3. The topological polar surface area (TPSA) is 59.9 Å². The number of guanidine groups is 1. The minimum Gasteiger partial charge on any atom is -0.383 e. The van der Waals surface area contributed by atoms with E-state index in [1.54, 1.807) is 11.3 Å². The maximum atomic E-state index is 10.7. The van der Waals surface area contributed by atoms with Gasteiger partial charge in [-0.25, -0.2) is 4.99 Å². The Balaban J connectivity index is 1.44. The molecular formula is C22H32N4OS. The van der Waals surface area contributed by atoms with Crippen LogP contribution in [0.2, 0.25) is 0 Å². The predicted octanol–water partition coefficient (Wildman–Crippen LogP) is 2.96. The van der Waals surface area contributed by atoms with Crippen LogP contribution in [-0.2, 0) is 18.6 Å². The first-order valence-electron chi connectivity index (χ1n) is 10.2. The zero-order valence-corrected chi connectivity index (χ0v) is 17.8. The molecule has 1 aliphatic rings. The van der Waals surface area contributed by atoms with Crippen LogP contribution in [0.4, 0.5) is 0 Å². The molecule has 5 nitrogen and oxygen atoms in total. The smallest absolute Gasteiger partial charge is 0.191 e. The highest BCUT2D eigenvalue weighted by molar-refractivity contribution is 7.10. The molecule has 2 heterocycles. The van der Waals surface area contributed by atoms with Crippen LogP contribution in [0.3, 0.4) is 0 Å². The maximum absolute atomic E-state index is 10.7. The number of fused-ring (bicyclic) bond motifs is 1. The first-order valence-corrected chi connectivity index (χ1v) is 11.0. The standard InChI is InChI=1S/C22H32N4OS/c1-3-23-21(25-17-22(2,27)20-10-6-15-28-20)24-12-7-13-26-14-11-18-8-4-5-9-19(18)16-26/h4-6,8-10,15,27H,3,7,11-14,16-17H2,1-2H3,(H2,23,24,25). The van der Waals surface area contributed by atoms with Gasteiger partial charge in [-0.3, -0.25) is 4.90 Å². The quantitative estimate of drug-likeness (QED) is 0.362. The summed E-state index contributed by atoms with van der Waals surface area (Å²) in [6.45, 7) is 9.14. The van der Waals surface area contributed by atoms with Crippen molar-refractivity contribution in [2.45, 2.75) is 38.8 Å². The third-order valence-corrected chi connectivity index (χ3v) is 6.22. The molecule has 0 aliphatic carbocycles. The SMILES string of the molecule is CCNC(=NCC(C)(O)c1cccs1)NCCCN1CCc2ccccc2C1. The number of nitrogens with one attached hydrogen (secondary N) is 2. The number of hydrogen-bond donors (Lipinski definition) is 3. The van der Waals surface area contributed by atoms with Crippen molar-refractivity contribution in [2.75, 3.05) is 32.7 Å². The minimum atomic E-state index is -0.933. The highest BCUT2D eigenvalue weighted by Gasteiger charge is 2.24. The number of thiophene rings is 1. The van der Waals surface area contributed by atoms with E-state index >= 15 is 0 Å². The van der Waals surface area contributed by atoms with Crippen LogP contribution < -0.4 is 10.6 Å². The van der Waals surface area contributed by atoms with Gasteiger partial charge in [-0.1, -0.05) is 30.3 Å². The number of aliphatic imine (C=N–C) groups is 1. The highest BCUT2D eigenvalue weighted by Crippen LogP contribution is 2.25. The zero-order chi connectivity index (χ0) is 19.8. The van der Waals surface area contributed by atoms with Crippen molar-refractivity contribution in [1.82, 2.24) is 15.5 Å². The summed E-state index contributed by atoms with van der Waals surface area (Å²) in [6, 6.07) is 12.7. The van der Waals surface area contributed by atoms with Gasteiger partial charge in [0.15, 0.2) is 5.96 Å². The second kappa shape index (κ2) is 10.0. The third kappa shape index (κ3) is 5.80. The second-order valence-corrected chi connectivity index (χ2v) is 8.47. The molecule has 3 rings (SSSR count). The van der Waals surface area contributed by atoms with E-state index < -0.39 is 5.60 Å². The van der Waals surface area contributed by atoms with E-state index in [2.05, 4.69) is 51.7 Å². The molecule has 1 unspecified atom stereocenters. The molecule has 0 bridgehead atoms. The lowest BCUT2D eigenvalue weighted by atomic mass is 10.00. The Morgan fingerprint density at radius 1 is 1.21 bits per heavy atom. The molecule has 1 aromatic heterocycles. The first-order chi connectivity index (χ1) is 13.6. The molecule has 1 atom stereocenters. The monoisotopic (exact) mass is 400 g/mol. The summed E-state index contributed by atoms with van der Waals surface area (Å²) in [5.41, 5.74) is 2.03. The predicted molar refractivity (Wildman–Crippen MR) is 118 cm³/mol. The molecule has 1 aliphatic heterocycles. The Morgan fingerprint density at radius 3 is 2.79 bits per heavy atom. The Morgan fingerprint density at radius 2 is 2.04 bits per heavy atom. The van der Waals surface area contributed by atoms with Crippen molar-refractivity contribution < 1.29 is 5.11 Å². The number of benzene rings is 1. The fourth-order valence-electron chi connectivity index (χ4n) is 3.49. The lowest BCUT2D eigenvalue weighted by Crippen LogP contribution is -2.40. The van der Waals surface area contributed by atoms with Gasteiger partial charge in [0.25, 0.3) is 0 Å². The van der Waals surface area contributed by atoms with Gasteiger partial charge in [0.05, 0.1) is 6.54 Å². The first kappa shape index (κ1) is 20.8. The van der Waals surface area contributed by atoms with E-state index in [1.807, 2.05) is 24.4 Å². The van der Waals surface area contributed by atoms with Crippen molar-refractivity contribution in [3.05, 3.63) is 57.8 Å². The average Bonchev–Trinajstić information content (AvgIpc) is 3.25. The van der Waals surface area contributed by atoms with Crippen molar-refractivity contribution in [3.63, 3.8) is 0 Å². The minimum absolute atomic E-state index is 0.339. The average molecular weight is 401 g/mol. The fourth-order valence-corrected chi connectivity index (χ4v) is 4.27. The molecule has 0 fully saturated rings. The maximum Gasteiger partial charge on any atom is 0.191 e. The molecule has 0 saturated heterocycles. The highest BCUT2D eigenvalue weighted by atomic mass is 32.1. The second-order valence-electron chi connectivity index (χ2n) is 7.52. The zero-order valence-electron chi connectivity index (χ0n) is 16.9. The molecule has 1 aromatic carbocycles. The van der Waals surface area contributed by atoms with E-state index in [1.165, 1.54) is 11.1 Å². The van der Waals surface area contributed by atoms with Gasteiger partial charge >= 0.3 is 0 Å². The van der Waals surface area contributed by atoms with Crippen LogP contribution in [0.25, 0.3) is 0 Å². The van der Waals surface area contributed by atoms with Gasteiger partial charge in [0.1, 0.15) is 5.60 Å². The largest absolute Gasteiger partial charge is 0.383 e. The van der Waals surface area contributed by atoms with Gasteiger partial charge in [0, 0.05) is 37.6 Å². The number of nitrogens with zero attached hydrogens (tertiary/aromatic N) is 2. The van der Waals surface area contributed by atoms with E-state index in [4.69, 9.17) is 0 Å². The van der Waals surface area contributed by atoms with Crippen LogP contribution in [0.15, 0.2) is 46.8 Å². The number of aliphatic hydroxyl groups is 1. The lowest BCUT2D eigenvalue weighted by Gasteiger charge is -2.28.